The molecule has 0 aromatic heterocycles. The van der Waals surface area contributed by atoms with Crippen LogP contribution < -0.4 is 5.73 Å². The first-order chi connectivity index (χ1) is 5.56. The van der Waals surface area contributed by atoms with Crippen molar-refractivity contribution in [3.8, 4) is 0 Å². The number of carboxylic acid groups (broad SMARTS) is 1. The van der Waals surface area contributed by atoms with Gasteiger partial charge in [-0.15, -0.1) is 0 Å². The van der Waals surface area contributed by atoms with Crippen molar-refractivity contribution in [3.05, 3.63) is 0 Å². The largest absolute Gasteiger partial charge is 0.481 e. The van der Waals surface area contributed by atoms with Gasteiger partial charge in [0, 0.05) is 11.8 Å². The molecule has 0 aromatic carbocycles. The molecule has 1 atom stereocenters. The molecule has 0 fully saturated rings. The summed E-state index contributed by atoms with van der Waals surface area (Å²) in [5, 5.41) is 8.59. The zero-order chi connectivity index (χ0) is 9.56. The smallest absolute Gasteiger partial charge is 0.304 e. The number of carbonyl (C=O) groups is 1. The van der Waals surface area contributed by atoms with Crippen LogP contribution in [-0.4, -0.2) is 28.6 Å². The van der Waals surface area contributed by atoms with E-state index in [1.165, 1.54) is 0 Å². The van der Waals surface area contributed by atoms with Crippen molar-refractivity contribution in [3.63, 3.8) is 0 Å². The highest BCUT2D eigenvalue weighted by Crippen LogP contribution is 2.16. The second kappa shape index (κ2) is 6.31. The maximum Gasteiger partial charge on any atom is 0.304 e. The average molecular weight is 191 g/mol. The number of hydrogen-bond acceptors (Lipinski definition) is 3. The van der Waals surface area contributed by atoms with Gasteiger partial charge in [-0.2, -0.15) is 11.8 Å². The minimum absolute atomic E-state index is 0.0740. The first kappa shape index (κ1) is 11.8. The van der Waals surface area contributed by atoms with E-state index in [-0.39, 0.29) is 11.7 Å². The van der Waals surface area contributed by atoms with Gasteiger partial charge in [-0.05, 0) is 11.7 Å². The average Bonchev–Trinajstić information content (AvgIpc) is 1.97. The number of carboxylic acids is 1. The standard InChI is InChI=1S/C8H17NO2S/c1-6(2)5-12-7(4-9)3-8(10)11/h6-7H,3-5,9H2,1-2H3,(H,10,11). The van der Waals surface area contributed by atoms with E-state index in [4.69, 9.17) is 10.8 Å². The highest BCUT2D eigenvalue weighted by molar-refractivity contribution is 7.99. The van der Waals surface area contributed by atoms with Crippen molar-refractivity contribution in [2.75, 3.05) is 12.3 Å². The number of hydrogen-bond donors (Lipinski definition) is 2. The Balaban J connectivity index is 3.60. The van der Waals surface area contributed by atoms with Crippen LogP contribution in [0.5, 0.6) is 0 Å². The fourth-order valence-corrected chi connectivity index (χ4v) is 1.79. The summed E-state index contributed by atoms with van der Waals surface area (Å²) in [6.45, 7) is 4.67. The Morgan fingerprint density at radius 3 is 2.50 bits per heavy atom. The van der Waals surface area contributed by atoms with E-state index in [9.17, 15) is 4.79 Å². The van der Waals surface area contributed by atoms with Gasteiger partial charge in [0.15, 0.2) is 0 Å². The van der Waals surface area contributed by atoms with Crippen LogP contribution in [0.1, 0.15) is 20.3 Å². The van der Waals surface area contributed by atoms with Gasteiger partial charge in [0.05, 0.1) is 6.42 Å². The Kier molecular flexibility index (Phi) is 6.20. The minimum Gasteiger partial charge on any atom is -0.481 e. The molecular weight excluding hydrogens is 174 g/mol. The summed E-state index contributed by atoms with van der Waals surface area (Å²) >= 11 is 1.65. The Morgan fingerprint density at radius 1 is 1.58 bits per heavy atom. The van der Waals surface area contributed by atoms with Crippen molar-refractivity contribution in [1.29, 1.82) is 0 Å². The second-order valence-corrected chi connectivity index (χ2v) is 4.52. The highest BCUT2D eigenvalue weighted by Gasteiger charge is 2.11. The number of rotatable bonds is 6. The summed E-state index contributed by atoms with van der Waals surface area (Å²) in [7, 11) is 0. The fourth-order valence-electron chi connectivity index (χ4n) is 0.734. The summed E-state index contributed by atoms with van der Waals surface area (Å²) in [5.41, 5.74) is 5.42. The van der Waals surface area contributed by atoms with Gasteiger partial charge >= 0.3 is 5.97 Å². The third-order valence-corrected chi connectivity index (χ3v) is 3.02. The predicted octanol–water partition coefficient (Wildman–Crippen LogP) is 1.18. The summed E-state index contributed by atoms with van der Waals surface area (Å²) < 4.78 is 0. The maximum absolute atomic E-state index is 10.3. The molecule has 0 aromatic rings. The van der Waals surface area contributed by atoms with Crippen LogP contribution >= 0.6 is 11.8 Å². The van der Waals surface area contributed by atoms with Crippen LogP contribution in [0.4, 0.5) is 0 Å². The van der Waals surface area contributed by atoms with E-state index >= 15 is 0 Å². The summed E-state index contributed by atoms with van der Waals surface area (Å²) in [5.74, 6) is 0.814. The van der Waals surface area contributed by atoms with E-state index in [2.05, 4.69) is 13.8 Å². The van der Waals surface area contributed by atoms with Crippen molar-refractivity contribution < 1.29 is 9.90 Å². The lowest BCUT2D eigenvalue weighted by molar-refractivity contribution is -0.136. The molecule has 0 aliphatic heterocycles. The third kappa shape index (κ3) is 6.49. The quantitative estimate of drug-likeness (QED) is 0.661. The fraction of sp³-hybridized carbons (Fsp3) is 0.875. The van der Waals surface area contributed by atoms with Crippen molar-refractivity contribution in [2.45, 2.75) is 25.5 Å². The molecule has 12 heavy (non-hydrogen) atoms. The summed E-state index contributed by atoms with van der Waals surface area (Å²) in [6, 6.07) is 0. The molecule has 0 rings (SSSR count). The lowest BCUT2D eigenvalue weighted by atomic mass is 10.3. The Morgan fingerprint density at radius 2 is 2.17 bits per heavy atom. The van der Waals surface area contributed by atoms with Crippen LogP contribution in [0, 0.1) is 5.92 Å². The highest BCUT2D eigenvalue weighted by atomic mass is 32.2. The molecule has 1 unspecified atom stereocenters. The van der Waals surface area contributed by atoms with Crippen LogP contribution in [0.2, 0.25) is 0 Å². The molecule has 0 radical (unpaired) electrons. The van der Waals surface area contributed by atoms with Gasteiger partial charge in [0.2, 0.25) is 0 Å². The molecule has 0 spiro atoms. The van der Waals surface area contributed by atoms with E-state index in [1.54, 1.807) is 11.8 Å². The van der Waals surface area contributed by atoms with Gasteiger partial charge in [0.25, 0.3) is 0 Å². The maximum atomic E-state index is 10.3. The van der Waals surface area contributed by atoms with Gasteiger partial charge in [-0.3, -0.25) is 4.79 Å². The first-order valence-electron chi connectivity index (χ1n) is 4.09. The van der Waals surface area contributed by atoms with E-state index < -0.39 is 5.97 Å². The molecular formula is C8H17NO2S. The van der Waals surface area contributed by atoms with Crippen LogP contribution in [0.25, 0.3) is 0 Å². The second-order valence-electron chi connectivity index (χ2n) is 3.18. The van der Waals surface area contributed by atoms with Crippen molar-refractivity contribution >= 4 is 17.7 Å². The van der Waals surface area contributed by atoms with Gasteiger partial charge in [0.1, 0.15) is 0 Å². The normalized spacial score (nSPS) is 13.3. The van der Waals surface area contributed by atoms with E-state index in [0.717, 1.165) is 5.75 Å². The van der Waals surface area contributed by atoms with E-state index in [1.807, 2.05) is 0 Å². The molecule has 4 heteroatoms. The Bertz CT molecular complexity index is 139. The molecule has 0 aliphatic carbocycles. The third-order valence-electron chi connectivity index (χ3n) is 1.33. The SMILES string of the molecule is CC(C)CSC(CN)CC(=O)O. The number of thioether (sulfide) groups is 1. The molecule has 0 bridgehead atoms. The van der Waals surface area contributed by atoms with Crippen LogP contribution in [0.15, 0.2) is 0 Å². The van der Waals surface area contributed by atoms with Crippen LogP contribution in [0.3, 0.4) is 0 Å². The zero-order valence-electron chi connectivity index (χ0n) is 7.62. The summed E-state index contributed by atoms with van der Waals surface area (Å²) in [4.78, 5) is 10.3. The molecule has 3 nitrogen and oxygen atoms in total. The molecule has 72 valence electrons. The zero-order valence-corrected chi connectivity index (χ0v) is 8.43. The molecule has 0 aliphatic rings. The predicted molar refractivity (Wildman–Crippen MR) is 52.4 cm³/mol. The van der Waals surface area contributed by atoms with Gasteiger partial charge < -0.3 is 10.8 Å². The number of aliphatic carboxylic acids is 1. The lowest BCUT2D eigenvalue weighted by Crippen LogP contribution is -2.21. The topological polar surface area (TPSA) is 63.3 Å². The van der Waals surface area contributed by atoms with E-state index in [0.29, 0.717) is 12.5 Å². The molecule has 0 saturated carbocycles. The van der Waals surface area contributed by atoms with Crippen molar-refractivity contribution in [1.82, 2.24) is 0 Å². The first-order valence-corrected chi connectivity index (χ1v) is 5.14. The summed E-state index contributed by atoms with van der Waals surface area (Å²) in [6.07, 6.45) is 0.174. The minimum atomic E-state index is -0.762. The van der Waals surface area contributed by atoms with Gasteiger partial charge in [-0.25, -0.2) is 0 Å². The van der Waals surface area contributed by atoms with Crippen molar-refractivity contribution in [2.24, 2.45) is 11.7 Å². The Hall–Kier alpha value is -0.220. The Labute approximate surface area is 77.7 Å². The molecule has 0 amide bonds. The monoisotopic (exact) mass is 191 g/mol. The molecule has 0 saturated heterocycles. The molecule has 0 heterocycles. The van der Waals surface area contributed by atoms with Gasteiger partial charge in [-0.1, -0.05) is 13.8 Å². The molecule has 3 N–H and O–H groups in total. The number of nitrogens with two attached hydrogens (primary N) is 1. The van der Waals surface area contributed by atoms with Crippen LogP contribution in [-0.2, 0) is 4.79 Å². The lowest BCUT2D eigenvalue weighted by Gasteiger charge is -2.12.